The number of thioether (sulfide) groups is 1. The van der Waals surface area contributed by atoms with Gasteiger partial charge in [-0.05, 0) is 38.0 Å². The maximum Gasteiger partial charge on any atom is 0.416 e. The molecule has 11 heteroatoms. The second-order valence-corrected chi connectivity index (χ2v) is 10.6. The van der Waals surface area contributed by atoms with Gasteiger partial charge in [-0.2, -0.15) is 13.2 Å². The van der Waals surface area contributed by atoms with Crippen LogP contribution in [-0.2, 0) is 27.4 Å². The van der Waals surface area contributed by atoms with Crippen LogP contribution >= 0.6 is 11.8 Å². The van der Waals surface area contributed by atoms with Crippen molar-refractivity contribution in [1.82, 2.24) is 14.9 Å². The normalized spacial score (nSPS) is 21.6. The lowest BCUT2D eigenvalue weighted by molar-refractivity contribution is -0.137. The smallest absolute Gasteiger partial charge is 0.349 e. The first-order valence-electron chi connectivity index (χ1n) is 9.14. The summed E-state index contributed by atoms with van der Waals surface area (Å²) in [5, 5.41) is 3.23. The minimum absolute atomic E-state index is 0.00516. The molecule has 0 bridgehead atoms. The Hall–Kier alpha value is -1.75. The highest BCUT2D eigenvalue weighted by molar-refractivity contribution is 7.99. The molecule has 2 heterocycles. The molecule has 1 amide bonds. The van der Waals surface area contributed by atoms with Crippen LogP contribution in [0.4, 0.5) is 13.2 Å². The first-order valence-corrected chi connectivity index (χ1v) is 11.9. The van der Waals surface area contributed by atoms with Crippen molar-refractivity contribution in [2.45, 2.75) is 50.1 Å². The molecule has 29 heavy (non-hydrogen) atoms. The van der Waals surface area contributed by atoms with E-state index in [1.807, 2.05) is 6.92 Å². The summed E-state index contributed by atoms with van der Waals surface area (Å²) < 4.78 is 64.2. The van der Waals surface area contributed by atoms with Crippen molar-refractivity contribution in [3.8, 4) is 0 Å². The summed E-state index contributed by atoms with van der Waals surface area (Å²) in [6.07, 6.45) is -3.39. The number of hydrogen-bond donors (Lipinski definition) is 1. The summed E-state index contributed by atoms with van der Waals surface area (Å²) in [5.41, 5.74) is -0.727. The molecule has 0 radical (unpaired) electrons. The Morgan fingerprint density at radius 3 is 2.69 bits per heavy atom. The van der Waals surface area contributed by atoms with Gasteiger partial charge in [0, 0.05) is 6.54 Å². The van der Waals surface area contributed by atoms with Crippen LogP contribution in [0, 0.1) is 0 Å². The molecule has 0 aliphatic carbocycles. The average molecular weight is 450 g/mol. The van der Waals surface area contributed by atoms with Gasteiger partial charge in [-0.25, -0.2) is 13.4 Å². The number of carbonyl (C=O) groups excluding carboxylic acids is 1. The Bertz CT molecular complexity index is 1030. The maximum atomic E-state index is 13.0. The van der Waals surface area contributed by atoms with Crippen LogP contribution in [-0.4, -0.2) is 46.7 Å². The number of aryl methyl sites for hydroxylation is 1. The number of sulfone groups is 1. The van der Waals surface area contributed by atoms with Crippen molar-refractivity contribution in [3.05, 3.63) is 23.8 Å². The van der Waals surface area contributed by atoms with E-state index in [0.717, 1.165) is 23.9 Å². The Balaban J connectivity index is 1.77. The van der Waals surface area contributed by atoms with Crippen LogP contribution in [0.3, 0.4) is 0 Å². The number of aromatic nitrogens is 2. The number of benzene rings is 1. The van der Waals surface area contributed by atoms with E-state index in [9.17, 15) is 26.4 Å². The Labute approximate surface area is 171 Å². The highest BCUT2D eigenvalue weighted by atomic mass is 32.2. The van der Waals surface area contributed by atoms with Gasteiger partial charge in [-0.3, -0.25) is 4.79 Å². The summed E-state index contributed by atoms with van der Waals surface area (Å²) in [5.74, 6) is -0.384. The predicted molar refractivity (Wildman–Crippen MR) is 106 cm³/mol. The van der Waals surface area contributed by atoms with Crippen molar-refractivity contribution < 1.29 is 26.4 Å². The molecule has 3 rings (SSSR count). The van der Waals surface area contributed by atoms with Crippen molar-refractivity contribution in [3.63, 3.8) is 0 Å². The molecule has 0 spiro atoms. The van der Waals surface area contributed by atoms with Crippen LogP contribution in [0.5, 0.6) is 0 Å². The topological polar surface area (TPSA) is 81.1 Å². The van der Waals surface area contributed by atoms with Crippen LogP contribution in [0.2, 0.25) is 0 Å². The molecule has 1 atom stereocenters. The molecule has 1 unspecified atom stereocenters. The van der Waals surface area contributed by atoms with Gasteiger partial charge in [-0.1, -0.05) is 18.7 Å². The standard InChI is InChI=1S/C18H22F3N3O3S2/c1-3-7-24-14-9-12(18(19,20)21)4-5-13(14)22-16(24)28-10-15(25)23-17(2)6-8-29(26,27)11-17/h4-5,9H,3,6-8,10-11H2,1-2H3,(H,23,25). The lowest BCUT2D eigenvalue weighted by atomic mass is 10.0. The molecular formula is C18H22F3N3O3S2. The predicted octanol–water partition coefficient (Wildman–Crippen LogP) is 3.25. The largest absolute Gasteiger partial charge is 0.416 e. The molecule has 0 saturated carbocycles. The third-order valence-electron chi connectivity index (χ3n) is 4.76. The van der Waals surface area contributed by atoms with E-state index in [1.165, 1.54) is 6.07 Å². The van der Waals surface area contributed by atoms with Gasteiger partial charge in [0.2, 0.25) is 5.91 Å². The van der Waals surface area contributed by atoms with Crippen LogP contribution < -0.4 is 5.32 Å². The second-order valence-electron chi connectivity index (χ2n) is 7.49. The van der Waals surface area contributed by atoms with Crippen molar-refractivity contribution >= 4 is 38.5 Å². The molecule has 1 aromatic heterocycles. The van der Waals surface area contributed by atoms with E-state index in [0.29, 0.717) is 35.6 Å². The third kappa shape index (κ3) is 5.06. The van der Waals surface area contributed by atoms with Gasteiger partial charge in [0.25, 0.3) is 0 Å². The monoisotopic (exact) mass is 449 g/mol. The van der Waals surface area contributed by atoms with Gasteiger partial charge in [0.15, 0.2) is 15.0 Å². The number of imidazole rings is 1. The van der Waals surface area contributed by atoms with E-state index >= 15 is 0 Å². The lowest BCUT2D eigenvalue weighted by Crippen LogP contribution is -2.47. The lowest BCUT2D eigenvalue weighted by Gasteiger charge is -2.23. The quantitative estimate of drug-likeness (QED) is 0.685. The van der Waals surface area contributed by atoms with Crippen molar-refractivity contribution in [2.24, 2.45) is 0 Å². The fraction of sp³-hybridized carbons (Fsp3) is 0.556. The van der Waals surface area contributed by atoms with Crippen molar-refractivity contribution in [2.75, 3.05) is 17.3 Å². The zero-order valence-corrected chi connectivity index (χ0v) is 17.7. The second kappa shape index (κ2) is 7.82. The summed E-state index contributed by atoms with van der Waals surface area (Å²) in [6, 6.07) is 3.40. The number of nitrogens with one attached hydrogen (secondary N) is 1. The molecule has 6 nitrogen and oxygen atoms in total. The first-order chi connectivity index (χ1) is 13.4. The molecule has 1 aliphatic rings. The number of nitrogens with zero attached hydrogens (tertiary/aromatic N) is 2. The van der Waals surface area contributed by atoms with Gasteiger partial charge < -0.3 is 9.88 Å². The Morgan fingerprint density at radius 2 is 2.10 bits per heavy atom. The van der Waals surface area contributed by atoms with E-state index in [-0.39, 0.29) is 23.2 Å². The zero-order valence-electron chi connectivity index (χ0n) is 16.0. The summed E-state index contributed by atoms with van der Waals surface area (Å²) >= 11 is 1.13. The Kier molecular flexibility index (Phi) is 5.92. The SMILES string of the molecule is CCCn1c(SCC(=O)NC2(C)CCS(=O)(=O)C2)nc2ccc(C(F)(F)F)cc21. The first kappa shape index (κ1) is 21.9. The molecule has 1 saturated heterocycles. The molecule has 1 N–H and O–H groups in total. The van der Waals surface area contributed by atoms with Crippen LogP contribution in [0.15, 0.2) is 23.4 Å². The highest BCUT2D eigenvalue weighted by Crippen LogP contribution is 2.33. The summed E-state index contributed by atoms with van der Waals surface area (Å²) in [7, 11) is -3.14. The fourth-order valence-corrected chi connectivity index (χ4v) is 6.37. The number of amides is 1. The fourth-order valence-electron chi connectivity index (χ4n) is 3.44. The molecule has 2 aromatic rings. The molecular weight excluding hydrogens is 427 g/mol. The Morgan fingerprint density at radius 1 is 1.38 bits per heavy atom. The number of carbonyl (C=O) groups is 1. The number of halogens is 3. The average Bonchev–Trinajstić information content (AvgIpc) is 3.08. The van der Waals surface area contributed by atoms with E-state index in [4.69, 9.17) is 0 Å². The van der Waals surface area contributed by atoms with E-state index in [2.05, 4.69) is 10.3 Å². The maximum absolute atomic E-state index is 13.0. The third-order valence-corrected chi connectivity index (χ3v) is 7.64. The van der Waals surface area contributed by atoms with E-state index in [1.54, 1.807) is 11.5 Å². The van der Waals surface area contributed by atoms with E-state index < -0.39 is 27.1 Å². The van der Waals surface area contributed by atoms with Gasteiger partial charge >= 0.3 is 6.18 Å². The number of fused-ring (bicyclic) bond motifs is 1. The van der Waals surface area contributed by atoms with Crippen LogP contribution in [0.1, 0.15) is 32.3 Å². The molecule has 1 aromatic carbocycles. The van der Waals surface area contributed by atoms with Crippen molar-refractivity contribution in [1.29, 1.82) is 0 Å². The summed E-state index contributed by atoms with van der Waals surface area (Å²) in [6.45, 7) is 4.07. The van der Waals surface area contributed by atoms with Gasteiger partial charge in [-0.15, -0.1) is 0 Å². The van der Waals surface area contributed by atoms with Crippen LogP contribution in [0.25, 0.3) is 11.0 Å². The molecule has 1 fully saturated rings. The molecule has 160 valence electrons. The number of alkyl halides is 3. The summed E-state index contributed by atoms with van der Waals surface area (Å²) in [4.78, 5) is 16.7. The van der Waals surface area contributed by atoms with Gasteiger partial charge in [0.1, 0.15) is 0 Å². The zero-order chi connectivity index (χ0) is 21.4. The minimum Gasteiger partial charge on any atom is -0.349 e. The number of rotatable bonds is 6. The molecule has 1 aliphatic heterocycles. The number of hydrogen-bond acceptors (Lipinski definition) is 5. The van der Waals surface area contributed by atoms with Gasteiger partial charge in [0.05, 0.1) is 39.4 Å². The minimum atomic E-state index is -4.44. The highest BCUT2D eigenvalue weighted by Gasteiger charge is 2.39.